The van der Waals surface area contributed by atoms with Gasteiger partial charge >= 0.3 is 5.97 Å². The normalized spacial score (nSPS) is 12.1. The van der Waals surface area contributed by atoms with Crippen LogP contribution in [0, 0.1) is 5.82 Å². The van der Waals surface area contributed by atoms with Crippen molar-refractivity contribution in [3.63, 3.8) is 0 Å². The van der Waals surface area contributed by atoms with E-state index in [1.165, 1.54) is 12.1 Å². The first kappa shape index (κ1) is 16.8. The molecule has 1 heterocycles. The van der Waals surface area contributed by atoms with E-state index in [1.807, 2.05) is 0 Å². The average molecular weight is 340 g/mol. The smallest absolute Gasteiger partial charge is 0.306 e. The Balaban J connectivity index is 1.62. The molecule has 3 rings (SSSR count). The monoisotopic (exact) mass is 340 g/mol. The van der Waals surface area contributed by atoms with Gasteiger partial charge in [-0.1, -0.05) is 24.3 Å². The molecule has 6 heteroatoms. The Morgan fingerprint density at radius 2 is 1.92 bits per heavy atom. The number of benzene rings is 2. The Labute approximate surface area is 143 Å². The van der Waals surface area contributed by atoms with Gasteiger partial charge in [0, 0.05) is 6.42 Å². The highest BCUT2D eigenvalue weighted by Gasteiger charge is 2.13. The first-order valence-electron chi connectivity index (χ1n) is 7.96. The lowest BCUT2D eigenvalue weighted by Gasteiger charge is -2.13. The van der Waals surface area contributed by atoms with Crippen molar-refractivity contribution in [2.45, 2.75) is 25.9 Å². The molecule has 2 aromatic carbocycles. The molecule has 3 aromatic rings. The standard InChI is InChI=1S/C19H17FN2O3/c1-12(13-6-8-14(20)9-7-13)25-18(23)11-10-17-21-16-5-3-2-4-15(16)19(24)22-17/h2-9,12H,10-11H2,1H3,(H,21,22,24)/t12-/m0/s1. The predicted molar refractivity (Wildman–Crippen MR) is 91.6 cm³/mol. The number of para-hydroxylation sites is 1. The SMILES string of the molecule is C[C@H](OC(=O)CCc1nc2ccccc2c(=O)[nH]1)c1ccc(F)cc1. The molecule has 0 radical (unpaired) electrons. The van der Waals surface area contributed by atoms with Crippen LogP contribution in [-0.4, -0.2) is 15.9 Å². The van der Waals surface area contributed by atoms with Crippen LogP contribution in [0.15, 0.2) is 53.3 Å². The van der Waals surface area contributed by atoms with Crippen molar-refractivity contribution in [2.75, 3.05) is 0 Å². The van der Waals surface area contributed by atoms with Crippen LogP contribution in [0.5, 0.6) is 0 Å². The van der Waals surface area contributed by atoms with E-state index in [2.05, 4.69) is 9.97 Å². The fourth-order valence-corrected chi connectivity index (χ4v) is 2.53. The summed E-state index contributed by atoms with van der Waals surface area (Å²) in [5, 5.41) is 0.513. The second-order valence-electron chi connectivity index (χ2n) is 5.71. The molecule has 0 saturated carbocycles. The van der Waals surface area contributed by atoms with Gasteiger partial charge in [-0.2, -0.15) is 0 Å². The van der Waals surface area contributed by atoms with E-state index in [0.717, 1.165) is 0 Å². The van der Waals surface area contributed by atoms with Crippen LogP contribution >= 0.6 is 0 Å². The molecule has 1 N–H and O–H groups in total. The fraction of sp³-hybridized carbons (Fsp3) is 0.211. The lowest BCUT2D eigenvalue weighted by molar-refractivity contribution is -0.148. The number of halogens is 1. The van der Waals surface area contributed by atoms with Crippen LogP contribution in [0.25, 0.3) is 10.9 Å². The van der Waals surface area contributed by atoms with Gasteiger partial charge in [-0.05, 0) is 36.8 Å². The highest BCUT2D eigenvalue weighted by atomic mass is 19.1. The zero-order chi connectivity index (χ0) is 17.8. The molecule has 1 atom stereocenters. The number of aromatic nitrogens is 2. The zero-order valence-corrected chi connectivity index (χ0v) is 13.7. The minimum absolute atomic E-state index is 0.0901. The van der Waals surface area contributed by atoms with Crippen LogP contribution in [-0.2, 0) is 16.0 Å². The molecule has 0 aliphatic rings. The third-order valence-corrected chi connectivity index (χ3v) is 3.88. The van der Waals surface area contributed by atoms with E-state index in [9.17, 15) is 14.0 Å². The summed E-state index contributed by atoms with van der Waals surface area (Å²) in [5.74, 6) is -0.309. The highest BCUT2D eigenvalue weighted by Crippen LogP contribution is 2.18. The van der Waals surface area contributed by atoms with E-state index in [-0.39, 0.29) is 24.2 Å². The fourth-order valence-electron chi connectivity index (χ4n) is 2.53. The molecule has 1 aromatic heterocycles. The van der Waals surface area contributed by atoms with Gasteiger partial charge in [0.25, 0.3) is 5.56 Å². The molecule has 0 saturated heterocycles. The van der Waals surface area contributed by atoms with Gasteiger partial charge in [-0.3, -0.25) is 9.59 Å². The lowest BCUT2D eigenvalue weighted by Crippen LogP contribution is -2.14. The maximum absolute atomic E-state index is 12.9. The van der Waals surface area contributed by atoms with E-state index in [1.54, 1.807) is 43.3 Å². The van der Waals surface area contributed by atoms with Gasteiger partial charge in [0.1, 0.15) is 17.7 Å². The number of H-pyrrole nitrogens is 1. The Bertz CT molecular complexity index is 951. The van der Waals surface area contributed by atoms with Gasteiger partial charge in [0.2, 0.25) is 0 Å². The van der Waals surface area contributed by atoms with Crippen molar-refractivity contribution in [1.82, 2.24) is 9.97 Å². The third-order valence-electron chi connectivity index (χ3n) is 3.88. The Kier molecular flexibility index (Phi) is 4.88. The molecule has 0 bridgehead atoms. The number of hydrogen-bond acceptors (Lipinski definition) is 4. The summed E-state index contributed by atoms with van der Waals surface area (Å²) < 4.78 is 18.3. The van der Waals surface area contributed by atoms with Crippen LogP contribution < -0.4 is 5.56 Å². The number of carbonyl (C=O) groups excluding carboxylic acids is 1. The van der Waals surface area contributed by atoms with E-state index < -0.39 is 12.1 Å². The molecule has 0 unspecified atom stereocenters. The zero-order valence-electron chi connectivity index (χ0n) is 13.7. The van der Waals surface area contributed by atoms with Crippen molar-refractivity contribution >= 4 is 16.9 Å². The molecular weight excluding hydrogens is 323 g/mol. The highest BCUT2D eigenvalue weighted by molar-refractivity contribution is 5.77. The molecular formula is C19H17FN2O3. The van der Waals surface area contributed by atoms with E-state index in [0.29, 0.717) is 22.3 Å². The van der Waals surface area contributed by atoms with E-state index >= 15 is 0 Å². The van der Waals surface area contributed by atoms with Crippen molar-refractivity contribution in [3.8, 4) is 0 Å². The number of fused-ring (bicyclic) bond motifs is 1. The Morgan fingerprint density at radius 3 is 2.68 bits per heavy atom. The van der Waals surface area contributed by atoms with Crippen molar-refractivity contribution < 1.29 is 13.9 Å². The van der Waals surface area contributed by atoms with Crippen molar-refractivity contribution in [1.29, 1.82) is 0 Å². The van der Waals surface area contributed by atoms with Gasteiger partial charge in [0.05, 0.1) is 17.3 Å². The first-order chi connectivity index (χ1) is 12.0. The molecule has 0 fully saturated rings. The number of ether oxygens (including phenoxy) is 1. The Hall–Kier alpha value is -3.02. The average Bonchev–Trinajstić information content (AvgIpc) is 2.60. The number of carbonyl (C=O) groups is 1. The van der Waals surface area contributed by atoms with Crippen molar-refractivity contribution in [3.05, 3.63) is 76.1 Å². The summed E-state index contributed by atoms with van der Waals surface area (Å²) in [7, 11) is 0. The minimum atomic E-state index is -0.475. The summed E-state index contributed by atoms with van der Waals surface area (Å²) >= 11 is 0. The van der Waals surface area contributed by atoms with Crippen LogP contribution in [0.3, 0.4) is 0 Å². The Morgan fingerprint density at radius 1 is 1.20 bits per heavy atom. The van der Waals surface area contributed by atoms with Crippen LogP contribution in [0.1, 0.15) is 30.8 Å². The number of nitrogens with zero attached hydrogens (tertiary/aromatic N) is 1. The summed E-state index contributed by atoms with van der Waals surface area (Å²) in [4.78, 5) is 31.0. The topological polar surface area (TPSA) is 72.0 Å². The van der Waals surface area contributed by atoms with Crippen LogP contribution in [0.2, 0.25) is 0 Å². The molecule has 0 spiro atoms. The lowest BCUT2D eigenvalue weighted by atomic mass is 10.1. The quantitative estimate of drug-likeness (QED) is 0.723. The summed E-state index contributed by atoms with van der Waals surface area (Å²) in [6.07, 6.45) is -0.112. The second-order valence-corrected chi connectivity index (χ2v) is 5.71. The largest absolute Gasteiger partial charge is 0.458 e. The number of aromatic amines is 1. The molecule has 0 aliphatic heterocycles. The maximum Gasteiger partial charge on any atom is 0.306 e. The number of hydrogen-bond donors (Lipinski definition) is 1. The van der Waals surface area contributed by atoms with Crippen LogP contribution in [0.4, 0.5) is 4.39 Å². The molecule has 25 heavy (non-hydrogen) atoms. The number of esters is 1. The molecule has 0 aliphatic carbocycles. The van der Waals surface area contributed by atoms with Gasteiger partial charge < -0.3 is 9.72 Å². The summed E-state index contributed by atoms with van der Waals surface area (Å²) in [6.45, 7) is 1.72. The summed E-state index contributed by atoms with van der Waals surface area (Å²) in [5.41, 5.74) is 1.08. The van der Waals surface area contributed by atoms with Gasteiger partial charge in [-0.15, -0.1) is 0 Å². The first-order valence-corrected chi connectivity index (χ1v) is 7.96. The maximum atomic E-state index is 12.9. The molecule has 0 amide bonds. The number of rotatable bonds is 5. The number of aryl methyl sites for hydroxylation is 1. The predicted octanol–water partition coefficient (Wildman–Crippen LogP) is 3.30. The van der Waals surface area contributed by atoms with Gasteiger partial charge in [0.15, 0.2) is 0 Å². The number of nitrogens with one attached hydrogen (secondary N) is 1. The summed E-state index contributed by atoms with van der Waals surface area (Å²) in [6, 6.07) is 12.8. The molecule has 5 nitrogen and oxygen atoms in total. The van der Waals surface area contributed by atoms with Crippen molar-refractivity contribution in [2.24, 2.45) is 0 Å². The second kappa shape index (κ2) is 7.25. The minimum Gasteiger partial charge on any atom is -0.458 e. The third kappa shape index (κ3) is 4.09. The van der Waals surface area contributed by atoms with E-state index in [4.69, 9.17) is 4.74 Å². The molecule has 128 valence electrons. The van der Waals surface area contributed by atoms with Gasteiger partial charge in [-0.25, -0.2) is 9.37 Å².